The van der Waals surface area contributed by atoms with Crippen molar-refractivity contribution in [3.63, 3.8) is 0 Å². The van der Waals surface area contributed by atoms with Crippen molar-refractivity contribution >= 4 is 11.6 Å². The fourth-order valence-electron chi connectivity index (χ4n) is 2.65. The first-order chi connectivity index (χ1) is 11.3. The molecule has 0 aliphatic carbocycles. The molecule has 5 nitrogen and oxygen atoms in total. The minimum absolute atomic E-state index is 0.0211. The van der Waals surface area contributed by atoms with E-state index >= 15 is 0 Å². The van der Waals surface area contributed by atoms with Crippen LogP contribution in [0.15, 0.2) is 36.4 Å². The van der Waals surface area contributed by atoms with Crippen LogP contribution in [0.2, 0.25) is 0 Å². The van der Waals surface area contributed by atoms with Gasteiger partial charge in [-0.15, -0.1) is 0 Å². The quantitative estimate of drug-likeness (QED) is 0.654. The highest BCUT2D eigenvalue weighted by Gasteiger charge is 2.17. The van der Waals surface area contributed by atoms with Crippen LogP contribution in [0.5, 0.6) is 0 Å². The standard InChI is InChI=1S/C19H22N2O3/c1-5-17(15-7-6-12(2)13(3)10-15)20-19(22)16-8-9-18(21(23)24)14(4)11-16/h6-11,17H,5H2,1-4H3,(H,20,22)/t17-/m1/s1. The lowest BCUT2D eigenvalue weighted by Gasteiger charge is -2.19. The predicted octanol–water partition coefficient (Wildman–Crippen LogP) is 4.40. The molecule has 0 saturated heterocycles. The van der Waals surface area contributed by atoms with E-state index in [1.165, 1.54) is 23.3 Å². The van der Waals surface area contributed by atoms with Gasteiger partial charge in [-0.3, -0.25) is 14.9 Å². The Balaban J connectivity index is 2.21. The van der Waals surface area contributed by atoms with Crippen LogP contribution >= 0.6 is 0 Å². The maximum atomic E-state index is 12.5. The van der Waals surface area contributed by atoms with Crippen molar-refractivity contribution in [1.29, 1.82) is 0 Å². The van der Waals surface area contributed by atoms with Crippen molar-refractivity contribution in [3.8, 4) is 0 Å². The van der Waals surface area contributed by atoms with Crippen molar-refractivity contribution in [2.75, 3.05) is 0 Å². The Morgan fingerprint density at radius 2 is 1.79 bits per heavy atom. The lowest BCUT2D eigenvalue weighted by atomic mass is 9.99. The molecular formula is C19H22N2O3. The van der Waals surface area contributed by atoms with Crippen molar-refractivity contribution in [2.45, 2.75) is 40.2 Å². The second-order valence-corrected chi connectivity index (χ2v) is 6.04. The zero-order chi connectivity index (χ0) is 17.9. The largest absolute Gasteiger partial charge is 0.345 e. The van der Waals surface area contributed by atoms with Crippen molar-refractivity contribution in [3.05, 3.63) is 74.3 Å². The van der Waals surface area contributed by atoms with Gasteiger partial charge in [0.1, 0.15) is 0 Å². The number of aryl methyl sites for hydroxylation is 3. The number of carbonyl (C=O) groups is 1. The predicted molar refractivity (Wildman–Crippen MR) is 94.2 cm³/mol. The number of nitrogens with one attached hydrogen (secondary N) is 1. The van der Waals surface area contributed by atoms with Crippen LogP contribution in [-0.2, 0) is 0 Å². The highest BCUT2D eigenvalue weighted by Crippen LogP contribution is 2.22. The van der Waals surface area contributed by atoms with Crippen LogP contribution in [0.25, 0.3) is 0 Å². The van der Waals surface area contributed by atoms with E-state index in [4.69, 9.17) is 0 Å². The first-order valence-corrected chi connectivity index (χ1v) is 7.96. The van der Waals surface area contributed by atoms with E-state index in [0.29, 0.717) is 11.1 Å². The van der Waals surface area contributed by atoms with Gasteiger partial charge in [0.25, 0.3) is 11.6 Å². The van der Waals surface area contributed by atoms with Crippen LogP contribution in [0, 0.1) is 30.9 Å². The lowest BCUT2D eigenvalue weighted by molar-refractivity contribution is -0.385. The Morgan fingerprint density at radius 3 is 2.33 bits per heavy atom. The number of hydrogen-bond donors (Lipinski definition) is 1. The third-order valence-corrected chi connectivity index (χ3v) is 4.30. The molecule has 0 heterocycles. The number of nitrogens with zero attached hydrogens (tertiary/aromatic N) is 1. The summed E-state index contributed by atoms with van der Waals surface area (Å²) in [6.45, 7) is 7.75. The normalized spacial score (nSPS) is 11.8. The van der Waals surface area contributed by atoms with Gasteiger partial charge in [-0.1, -0.05) is 25.1 Å². The monoisotopic (exact) mass is 326 g/mol. The summed E-state index contributed by atoms with van der Waals surface area (Å²) in [5, 5.41) is 13.9. The van der Waals surface area contributed by atoms with Gasteiger partial charge in [0.05, 0.1) is 11.0 Å². The van der Waals surface area contributed by atoms with Crippen molar-refractivity contribution in [2.24, 2.45) is 0 Å². The Hall–Kier alpha value is -2.69. The Morgan fingerprint density at radius 1 is 1.08 bits per heavy atom. The molecule has 126 valence electrons. The molecule has 1 N–H and O–H groups in total. The maximum Gasteiger partial charge on any atom is 0.272 e. The molecule has 0 bridgehead atoms. The van der Waals surface area contributed by atoms with E-state index < -0.39 is 4.92 Å². The summed E-state index contributed by atoms with van der Waals surface area (Å²) in [5.74, 6) is -0.224. The summed E-state index contributed by atoms with van der Waals surface area (Å²) < 4.78 is 0. The molecule has 2 rings (SSSR count). The maximum absolute atomic E-state index is 12.5. The van der Waals surface area contributed by atoms with E-state index in [2.05, 4.69) is 24.4 Å². The first kappa shape index (κ1) is 17.7. The van der Waals surface area contributed by atoms with Crippen LogP contribution in [0.1, 0.15) is 52.0 Å². The van der Waals surface area contributed by atoms with E-state index in [-0.39, 0.29) is 17.6 Å². The molecule has 2 aromatic carbocycles. The molecule has 0 radical (unpaired) electrons. The average Bonchev–Trinajstić information content (AvgIpc) is 2.54. The summed E-state index contributed by atoms with van der Waals surface area (Å²) in [7, 11) is 0. The topological polar surface area (TPSA) is 72.2 Å². The van der Waals surface area contributed by atoms with Gasteiger partial charge >= 0.3 is 0 Å². The summed E-state index contributed by atoms with van der Waals surface area (Å²) in [6.07, 6.45) is 0.764. The molecule has 2 aromatic rings. The SMILES string of the molecule is CC[C@@H](NC(=O)c1ccc([N+](=O)[O-])c(C)c1)c1ccc(C)c(C)c1. The Bertz CT molecular complexity index is 784. The van der Waals surface area contributed by atoms with Gasteiger partial charge in [0, 0.05) is 17.2 Å². The van der Waals surface area contributed by atoms with E-state index in [9.17, 15) is 14.9 Å². The van der Waals surface area contributed by atoms with Gasteiger partial charge in [0.2, 0.25) is 0 Å². The zero-order valence-electron chi connectivity index (χ0n) is 14.4. The van der Waals surface area contributed by atoms with Crippen LogP contribution < -0.4 is 5.32 Å². The number of hydrogen-bond acceptors (Lipinski definition) is 3. The number of amides is 1. The molecule has 1 amide bonds. The summed E-state index contributed by atoms with van der Waals surface area (Å²) in [6, 6.07) is 10.5. The number of carbonyl (C=O) groups excluding carboxylic acids is 1. The molecule has 0 unspecified atom stereocenters. The van der Waals surface area contributed by atoms with Crippen LogP contribution in [-0.4, -0.2) is 10.8 Å². The van der Waals surface area contributed by atoms with Crippen molar-refractivity contribution in [1.82, 2.24) is 5.32 Å². The second-order valence-electron chi connectivity index (χ2n) is 6.04. The fourth-order valence-corrected chi connectivity index (χ4v) is 2.65. The van der Waals surface area contributed by atoms with Crippen LogP contribution in [0.3, 0.4) is 0 Å². The average molecular weight is 326 g/mol. The Labute approximate surface area is 141 Å². The lowest BCUT2D eigenvalue weighted by Crippen LogP contribution is -2.28. The highest BCUT2D eigenvalue weighted by atomic mass is 16.6. The molecule has 0 aromatic heterocycles. The van der Waals surface area contributed by atoms with Crippen LogP contribution in [0.4, 0.5) is 5.69 Å². The molecule has 0 spiro atoms. The van der Waals surface area contributed by atoms with Gasteiger partial charge in [-0.2, -0.15) is 0 Å². The van der Waals surface area contributed by atoms with E-state index in [1.54, 1.807) is 13.0 Å². The third kappa shape index (κ3) is 3.79. The second kappa shape index (κ2) is 7.25. The first-order valence-electron chi connectivity index (χ1n) is 7.96. The molecule has 0 fully saturated rings. The number of benzene rings is 2. The fraction of sp³-hybridized carbons (Fsp3) is 0.316. The summed E-state index contributed by atoms with van der Waals surface area (Å²) in [5.41, 5.74) is 4.39. The van der Waals surface area contributed by atoms with E-state index in [0.717, 1.165) is 12.0 Å². The summed E-state index contributed by atoms with van der Waals surface area (Å²) >= 11 is 0. The minimum Gasteiger partial charge on any atom is -0.345 e. The van der Waals surface area contributed by atoms with Gasteiger partial charge in [-0.25, -0.2) is 0 Å². The molecular weight excluding hydrogens is 304 g/mol. The molecule has 1 atom stereocenters. The Kier molecular flexibility index (Phi) is 5.34. The molecule has 0 saturated carbocycles. The van der Waals surface area contributed by atoms with E-state index in [1.807, 2.05) is 19.9 Å². The highest BCUT2D eigenvalue weighted by molar-refractivity contribution is 5.95. The third-order valence-electron chi connectivity index (χ3n) is 4.30. The number of rotatable bonds is 5. The van der Waals surface area contributed by atoms with Gasteiger partial charge in [-0.05, 0) is 56.0 Å². The van der Waals surface area contributed by atoms with Gasteiger partial charge in [0.15, 0.2) is 0 Å². The minimum atomic E-state index is -0.444. The molecule has 0 aliphatic rings. The van der Waals surface area contributed by atoms with Crippen molar-refractivity contribution < 1.29 is 9.72 Å². The van der Waals surface area contributed by atoms with Gasteiger partial charge < -0.3 is 5.32 Å². The number of nitro groups is 1. The zero-order valence-corrected chi connectivity index (χ0v) is 14.4. The molecule has 0 aliphatic heterocycles. The molecule has 24 heavy (non-hydrogen) atoms. The molecule has 5 heteroatoms. The number of nitro benzene ring substituents is 1. The summed E-state index contributed by atoms with van der Waals surface area (Å²) in [4.78, 5) is 22.9. The smallest absolute Gasteiger partial charge is 0.272 e.